The van der Waals surface area contributed by atoms with Crippen LogP contribution in [0.25, 0.3) is 111 Å². The summed E-state index contributed by atoms with van der Waals surface area (Å²) in [6, 6.07) is 76.6. The van der Waals surface area contributed by atoms with E-state index in [-0.39, 0.29) is 11.4 Å². The molecule has 0 saturated heterocycles. The lowest BCUT2D eigenvalue weighted by molar-refractivity contribution is -0.137. The molecule has 10 aromatic carbocycles. The van der Waals surface area contributed by atoms with Crippen molar-refractivity contribution in [1.82, 2.24) is 9.13 Å². The van der Waals surface area contributed by atoms with Crippen LogP contribution in [0, 0.1) is 11.3 Å². The molecule has 0 atom stereocenters. The first-order chi connectivity index (χ1) is 33.3. The second-order valence-electron chi connectivity index (χ2n) is 17.1. The Bertz CT molecular complexity index is 3520. The van der Waals surface area contributed by atoms with Crippen molar-refractivity contribution in [3.63, 3.8) is 0 Å². The van der Waals surface area contributed by atoms with Gasteiger partial charge in [-0.3, -0.25) is 0 Å². The van der Waals surface area contributed by atoms with Crippen LogP contribution in [0.2, 0.25) is 0 Å². The summed E-state index contributed by atoms with van der Waals surface area (Å²) in [6.07, 6.45) is -4.87. The number of hydrogen-bond donors (Lipinski definition) is 0. The minimum absolute atomic E-state index is 0.0313. The van der Waals surface area contributed by atoms with Gasteiger partial charge in [-0.25, -0.2) is 0 Å². The number of hydrogen-bond acceptors (Lipinski definition) is 1. The topological polar surface area (TPSA) is 33.6 Å². The maximum absolute atomic E-state index is 17.1. The highest BCUT2D eigenvalue weighted by molar-refractivity contribution is 6.13. The van der Waals surface area contributed by atoms with Crippen molar-refractivity contribution in [3.8, 4) is 73.1 Å². The van der Waals surface area contributed by atoms with Crippen molar-refractivity contribution < 1.29 is 13.2 Å². The van der Waals surface area contributed by atoms with Gasteiger partial charge in [0.2, 0.25) is 0 Å². The predicted octanol–water partition coefficient (Wildman–Crippen LogP) is 17.1. The zero-order valence-corrected chi connectivity index (χ0v) is 36.4. The molecule has 322 valence electrons. The highest BCUT2D eigenvalue weighted by atomic mass is 19.4. The quantitative estimate of drug-likeness (QED) is 0.157. The van der Waals surface area contributed by atoms with Crippen LogP contribution in [-0.2, 0) is 6.18 Å². The molecule has 0 aliphatic carbocycles. The molecule has 0 N–H and O–H groups in total. The van der Waals surface area contributed by atoms with E-state index >= 15 is 13.2 Å². The summed E-state index contributed by atoms with van der Waals surface area (Å²) in [4.78, 5) is 0. The number of nitriles is 1. The Kier molecular flexibility index (Phi) is 9.67. The van der Waals surface area contributed by atoms with Crippen molar-refractivity contribution in [1.29, 1.82) is 5.26 Å². The summed E-state index contributed by atoms with van der Waals surface area (Å²) < 4.78 is 54.8. The average Bonchev–Trinajstić information content (AvgIpc) is 3.90. The molecule has 0 bridgehead atoms. The first-order valence-corrected chi connectivity index (χ1v) is 22.5. The lowest BCUT2D eigenvalue weighted by Crippen LogP contribution is -2.16. The third kappa shape index (κ3) is 6.92. The van der Waals surface area contributed by atoms with Crippen LogP contribution in [0.5, 0.6) is 0 Å². The number of aromatic nitrogens is 2. The predicted molar refractivity (Wildman–Crippen MR) is 272 cm³/mol. The van der Waals surface area contributed by atoms with E-state index in [1.165, 1.54) is 0 Å². The second kappa shape index (κ2) is 16.2. The van der Waals surface area contributed by atoms with Crippen molar-refractivity contribution in [2.75, 3.05) is 0 Å². The molecule has 12 aromatic rings. The van der Waals surface area contributed by atoms with Crippen LogP contribution in [-0.4, -0.2) is 9.13 Å². The number of benzene rings is 10. The fraction of sp³-hybridized carbons (Fsp3) is 0.0161. The smallest absolute Gasteiger partial charge is 0.308 e. The van der Waals surface area contributed by atoms with Crippen LogP contribution >= 0.6 is 0 Å². The SMILES string of the molecule is N#Cc1cccc(-c2cc(-n3c4cc(-c5ccccc5)ccc4c4ccc(-c5ccccc5)cc43)c(C(F)(F)F)c(-n3c4cc(-c5ccccc5)ccc4c4ccc(-c5ccccc5)cc43)c2)c1. The summed E-state index contributed by atoms with van der Waals surface area (Å²) >= 11 is 0. The molecule has 0 aliphatic rings. The average molecular weight is 882 g/mol. The molecule has 0 saturated carbocycles. The molecule has 68 heavy (non-hydrogen) atoms. The van der Waals surface area contributed by atoms with E-state index in [0.29, 0.717) is 38.8 Å². The van der Waals surface area contributed by atoms with Crippen LogP contribution in [0.3, 0.4) is 0 Å². The van der Waals surface area contributed by atoms with Crippen molar-refractivity contribution in [3.05, 3.63) is 242 Å². The monoisotopic (exact) mass is 881 g/mol. The van der Waals surface area contributed by atoms with E-state index in [4.69, 9.17) is 0 Å². The third-order valence-electron chi connectivity index (χ3n) is 13.2. The highest BCUT2D eigenvalue weighted by Crippen LogP contribution is 2.48. The first-order valence-electron chi connectivity index (χ1n) is 22.5. The van der Waals surface area contributed by atoms with Crippen molar-refractivity contribution in [2.45, 2.75) is 6.18 Å². The lowest BCUT2D eigenvalue weighted by Gasteiger charge is -2.23. The van der Waals surface area contributed by atoms with Crippen LogP contribution in [0.4, 0.5) is 13.2 Å². The number of halogens is 3. The number of nitrogens with zero attached hydrogens (tertiary/aromatic N) is 3. The van der Waals surface area contributed by atoms with E-state index < -0.39 is 11.7 Å². The van der Waals surface area contributed by atoms with Crippen molar-refractivity contribution in [2.24, 2.45) is 0 Å². The maximum atomic E-state index is 17.1. The van der Waals surface area contributed by atoms with Gasteiger partial charge in [0, 0.05) is 21.5 Å². The van der Waals surface area contributed by atoms with Gasteiger partial charge in [-0.1, -0.05) is 182 Å². The molecular formula is C62H38F3N3. The van der Waals surface area contributed by atoms with E-state index in [9.17, 15) is 5.26 Å². The summed E-state index contributed by atoms with van der Waals surface area (Å²) in [7, 11) is 0. The standard InChI is InChI=1S/C62H38F3N3/c63-62(64,65)61-59(67-55-33-46(41-15-5-1-6-16-41)24-28-51(55)52-29-25-47(34-56(52)67)42-17-7-2-8-18-42)37-50(45-23-13-14-40(32-45)39-66)38-60(61)68-57-35-48(43-19-9-3-10-20-43)26-30-53(57)54-31-27-49(36-58(54)68)44-21-11-4-12-22-44/h1-38H. The largest absolute Gasteiger partial charge is 0.420 e. The number of alkyl halides is 3. The summed E-state index contributed by atoms with van der Waals surface area (Å²) in [5, 5.41) is 13.4. The van der Waals surface area contributed by atoms with E-state index in [2.05, 4.69) is 6.07 Å². The Labute approximate surface area is 390 Å². The molecule has 0 unspecified atom stereocenters. The summed E-state index contributed by atoms with van der Waals surface area (Å²) in [6.45, 7) is 0. The number of fused-ring (bicyclic) bond motifs is 6. The Morgan fingerprint density at radius 1 is 0.309 bits per heavy atom. The molecule has 6 heteroatoms. The van der Waals surface area contributed by atoms with E-state index in [1.807, 2.05) is 209 Å². The fourth-order valence-electron chi connectivity index (χ4n) is 9.99. The maximum Gasteiger partial charge on any atom is 0.420 e. The van der Waals surface area contributed by atoms with E-state index in [0.717, 1.165) is 66.1 Å². The normalized spacial score (nSPS) is 11.7. The van der Waals surface area contributed by atoms with Crippen LogP contribution < -0.4 is 0 Å². The van der Waals surface area contributed by atoms with Gasteiger partial charge in [-0.15, -0.1) is 0 Å². The first kappa shape index (κ1) is 40.6. The highest BCUT2D eigenvalue weighted by Gasteiger charge is 2.40. The minimum atomic E-state index is -4.87. The lowest BCUT2D eigenvalue weighted by atomic mass is 9.97. The van der Waals surface area contributed by atoms with Crippen LogP contribution in [0.15, 0.2) is 231 Å². The fourth-order valence-corrected chi connectivity index (χ4v) is 9.99. The van der Waals surface area contributed by atoms with Gasteiger partial charge >= 0.3 is 6.18 Å². The van der Waals surface area contributed by atoms with Gasteiger partial charge in [0.1, 0.15) is 5.56 Å². The molecule has 12 rings (SSSR count). The van der Waals surface area contributed by atoms with E-state index in [1.54, 1.807) is 30.3 Å². The minimum Gasteiger partial charge on any atom is -0.308 e. The summed E-state index contributed by atoms with van der Waals surface area (Å²) in [5.74, 6) is 0. The Morgan fingerprint density at radius 2 is 0.618 bits per heavy atom. The Balaban J connectivity index is 1.27. The van der Waals surface area contributed by atoms with Crippen LogP contribution in [0.1, 0.15) is 11.1 Å². The third-order valence-corrected chi connectivity index (χ3v) is 13.2. The van der Waals surface area contributed by atoms with Gasteiger partial charge in [0.25, 0.3) is 0 Å². The molecule has 3 nitrogen and oxygen atoms in total. The van der Waals surface area contributed by atoms with Gasteiger partial charge < -0.3 is 9.13 Å². The molecule has 0 amide bonds. The van der Waals surface area contributed by atoms with Gasteiger partial charge in [0.05, 0.1) is 45.1 Å². The molecule has 2 aromatic heterocycles. The summed E-state index contributed by atoms with van der Waals surface area (Å²) in [5.41, 5.74) is 10.5. The molecule has 0 fully saturated rings. The van der Waals surface area contributed by atoms with Gasteiger partial charge in [-0.2, -0.15) is 18.4 Å². The Hall–Kier alpha value is -8.92. The zero-order valence-electron chi connectivity index (χ0n) is 36.4. The second-order valence-corrected chi connectivity index (χ2v) is 17.1. The zero-order chi connectivity index (χ0) is 45.9. The molecule has 0 aliphatic heterocycles. The molecule has 0 radical (unpaired) electrons. The van der Waals surface area contributed by atoms with Gasteiger partial charge in [0.15, 0.2) is 0 Å². The Morgan fingerprint density at radius 3 is 0.926 bits per heavy atom. The van der Waals surface area contributed by atoms with Crippen molar-refractivity contribution >= 4 is 43.6 Å². The molecular weight excluding hydrogens is 844 g/mol. The molecule has 2 heterocycles. The molecule has 0 spiro atoms. The van der Waals surface area contributed by atoms with Gasteiger partial charge in [-0.05, 0) is 104 Å². The number of rotatable bonds is 7.